The van der Waals surface area contributed by atoms with Gasteiger partial charge in [0.2, 0.25) is 0 Å². The molecule has 1 aromatic carbocycles. The van der Waals surface area contributed by atoms with E-state index in [2.05, 4.69) is 4.98 Å². The van der Waals surface area contributed by atoms with Gasteiger partial charge in [-0.15, -0.1) is 11.3 Å². The molecular formula is C19H20N2O3S. The number of benzene rings is 1. The number of thiophene rings is 1. The molecule has 2 heterocycles. The van der Waals surface area contributed by atoms with Crippen molar-refractivity contribution < 1.29 is 9.53 Å². The molecule has 3 aromatic rings. The Morgan fingerprint density at radius 2 is 2.04 bits per heavy atom. The van der Waals surface area contributed by atoms with Gasteiger partial charge in [0.05, 0.1) is 12.0 Å². The van der Waals surface area contributed by atoms with Gasteiger partial charge in [-0.1, -0.05) is 30.3 Å². The maximum absolute atomic E-state index is 12.9. The monoisotopic (exact) mass is 356 g/mol. The Bertz CT molecular complexity index is 944. The molecule has 0 N–H and O–H groups in total. The van der Waals surface area contributed by atoms with Gasteiger partial charge in [-0.2, -0.15) is 0 Å². The highest BCUT2D eigenvalue weighted by Crippen LogP contribution is 2.31. The third-order valence-electron chi connectivity index (χ3n) is 4.01. The van der Waals surface area contributed by atoms with Crippen molar-refractivity contribution >= 4 is 27.3 Å². The van der Waals surface area contributed by atoms with Crippen LogP contribution in [0.3, 0.4) is 0 Å². The van der Waals surface area contributed by atoms with Gasteiger partial charge in [0.25, 0.3) is 5.56 Å². The molecule has 0 bridgehead atoms. The third-order valence-corrected chi connectivity index (χ3v) is 5.08. The first-order valence-corrected chi connectivity index (χ1v) is 8.99. The zero-order valence-electron chi connectivity index (χ0n) is 14.3. The number of aromatic nitrogens is 2. The van der Waals surface area contributed by atoms with Crippen molar-refractivity contribution in [3.05, 3.63) is 52.6 Å². The normalized spacial score (nSPS) is 11.1. The fourth-order valence-corrected chi connectivity index (χ4v) is 3.73. The standard InChI is InChI=1S/C19H20N2O3S/c1-13(22)8-10-21-17(9-11-24-2)20-18-15(19(21)23)12-16(25-18)14-6-4-3-5-7-14/h3-7,12H,8-11H2,1-2H3. The number of nitrogens with zero attached hydrogens (tertiary/aromatic N) is 2. The Morgan fingerprint density at radius 1 is 1.28 bits per heavy atom. The number of rotatable bonds is 7. The van der Waals surface area contributed by atoms with Crippen molar-refractivity contribution in [2.75, 3.05) is 13.7 Å². The van der Waals surface area contributed by atoms with Gasteiger partial charge in [0, 0.05) is 31.4 Å². The highest BCUT2D eigenvalue weighted by molar-refractivity contribution is 7.21. The Labute approximate surface area is 149 Å². The van der Waals surface area contributed by atoms with Crippen molar-refractivity contribution in [2.24, 2.45) is 0 Å². The van der Waals surface area contributed by atoms with Gasteiger partial charge in [0.15, 0.2) is 0 Å². The summed E-state index contributed by atoms with van der Waals surface area (Å²) in [6, 6.07) is 11.8. The minimum absolute atomic E-state index is 0.0555. The van der Waals surface area contributed by atoms with Crippen LogP contribution in [0.25, 0.3) is 20.7 Å². The summed E-state index contributed by atoms with van der Waals surface area (Å²) in [6.07, 6.45) is 0.862. The average Bonchev–Trinajstić information content (AvgIpc) is 3.04. The van der Waals surface area contributed by atoms with Crippen molar-refractivity contribution in [1.82, 2.24) is 9.55 Å². The van der Waals surface area contributed by atoms with Gasteiger partial charge >= 0.3 is 0 Å². The van der Waals surface area contributed by atoms with E-state index >= 15 is 0 Å². The number of hydrogen-bond acceptors (Lipinski definition) is 5. The van der Waals surface area contributed by atoms with Gasteiger partial charge in [-0.25, -0.2) is 4.98 Å². The van der Waals surface area contributed by atoms with Gasteiger partial charge in [-0.3, -0.25) is 14.2 Å². The Balaban J connectivity index is 2.10. The van der Waals surface area contributed by atoms with Crippen LogP contribution in [0.1, 0.15) is 19.2 Å². The molecule has 0 saturated carbocycles. The molecule has 0 radical (unpaired) electrons. The number of carbonyl (C=O) groups excluding carboxylic acids is 1. The lowest BCUT2D eigenvalue weighted by Gasteiger charge is -2.11. The smallest absolute Gasteiger partial charge is 0.262 e. The summed E-state index contributed by atoms with van der Waals surface area (Å²) < 4.78 is 6.75. The van der Waals surface area contributed by atoms with Crippen LogP contribution in [0.4, 0.5) is 0 Å². The number of ketones is 1. The lowest BCUT2D eigenvalue weighted by atomic mass is 10.2. The van der Waals surface area contributed by atoms with Crippen LogP contribution in [-0.4, -0.2) is 29.1 Å². The first-order chi connectivity index (χ1) is 12.1. The molecule has 6 heteroatoms. The minimum Gasteiger partial charge on any atom is -0.384 e. The van der Waals surface area contributed by atoms with E-state index in [-0.39, 0.29) is 11.3 Å². The maximum atomic E-state index is 12.9. The molecule has 5 nitrogen and oxygen atoms in total. The molecule has 0 unspecified atom stereocenters. The van der Waals surface area contributed by atoms with Crippen LogP contribution < -0.4 is 5.56 Å². The quantitative estimate of drug-likeness (QED) is 0.652. The fourth-order valence-electron chi connectivity index (χ4n) is 2.69. The average molecular weight is 356 g/mol. The predicted octanol–water partition coefficient (Wildman–Crippen LogP) is 3.29. The molecule has 0 fully saturated rings. The van der Waals surface area contributed by atoms with E-state index in [0.717, 1.165) is 15.3 Å². The summed E-state index contributed by atoms with van der Waals surface area (Å²) in [6.45, 7) is 2.37. The Morgan fingerprint density at radius 3 is 2.72 bits per heavy atom. The van der Waals surface area contributed by atoms with Crippen molar-refractivity contribution in [2.45, 2.75) is 26.3 Å². The topological polar surface area (TPSA) is 61.2 Å². The summed E-state index contributed by atoms with van der Waals surface area (Å²) in [5.74, 6) is 0.724. The van der Waals surface area contributed by atoms with E-state index in [1.165, 1.54) is 18.3 Å². The summed E-state index contributed by atoms with van der Waals surface area (Å²) >= 11 is 1.51. The van der Waals surface area contributed by atoms with Crippen LogP contribution in [0.2, 0.25) is 0 Å². The molecule has 0 aliphatic heterocycles. The van der Waals surface area contributed by atoms with E-state index in [0.29, 0.717) is 37.2 Å². The molecule has 130 valence electrons. The second-order valence-electron chi connectivity index (χ2n) is 5.88. The van der Waals surface area contributed by atoms with Gasteiger partial charge < -0.3 is 4.74 Å². The van der Waals surface area contributed by atoms with Crippen LogP contribution >= 0.6 is 11.3 Å². The molecule has 25 heavy (non-hydrogen) atoms. The molecule has 0 aliphatic carbocycles. The number of Topliss-reactive ketones (excluding diaryl/α,β-unsaturated/α-hetero) is 1. The molecular weight excluding hydrogens is 336 g/mol. The molecule has 0 atom stereocenters. The highest BCUT2D eigenvalue weighted by Gasteiger charge is 2.15. The minimum atomic E-state index is -0.0872. The molecule has 3 rings (SSSR count). The lowest BCUT2D eigenvalue weighted by molar-refractivity contribution is -0.117. The van der Waals surface area contributed by atoms with E-state index < -0.39 is 0 Å². The first-order valence-electron chi connectivity index (χ1n) is 8.17. The van der Waals surface area contributed by atoms with Crippen LogP contribution in [0.15, 0.2) is 41.2 Å². The second kappa shape index (κ2) is 7.72. The number of hydrogen-bond donors (Lipinski definition) is 0. The largest absolute Gasteiger partial charge is 0.384 e. The zero-order chi connectivity index (χ0) is 17.8. The van der Waals surface area contributed by atoms with Gasteiger partial charge in [0.1, 0.15) is 16.4 Å². The predicted molar refractivity (Wildman–Crippen MR) is 100 cm³/mol. The number of ether oxygens (including phenoxy) is 1. The van der Waals surface area contributed by atoms with Crippen molar-refractivity contribution in [3.63, 3.8) is 0 Å². The summed E-state index contributed by atoms with van der Waals surface area (Å²) in [5.41, 5.74) is 0.981. The first kappa shape index (κ1) is 17.5. The number of carbonyl (C=O) groups is 1. The van der Waals surface area contributed by atoms with E-state index in [9.17, 15) is 9.59 Å². The Kier molecular flexibility index (Phi) is 5.40. The zero-order valence-corrected chi connectivity index (χ0v) is 15.1. The van der Waals surface area contributed by atoms with E-state index in [1.54, 1.807) is 11.7 Å². The Hall–Kier alpha value is -2.31. The lowest BCUT2D eigenvalue weighted by Crippen LogP contribution is -2.26. The van der Waals surface area contributed by atoms with Crippen LogP contribution in [-0.2, 0) is 22.5 Å². The molecule has 0 saturated heterocycles. The van der Waals surface area contributed by atoms with Crippen LogP contribution in [0, 0.1) is 0 Å². The second-order valence-corrected chi connectivity index (χ2v) is 6.91. The van der Waals surface area contributed by atoms with E-state index in [1.807, 2.05) is 36.4 Å². The summed E-state index contributed by atoms with van der Waals surface area (Å²) in [7, 11) is 1.62. The highest BCUT2D eigenvalue weighted by atomic mass is 32.1. The molecule has 0 spiro atoms. The van der Waals surface area contributed by atoms with Crippen molar-refractivity contribution in [1.29, 1.82) is 0 Å². The van der Waals surface area contributed by atoms with Crippen LogP contribution in [0.5, 0.6) is 0 Å². The summed E-state index contributed by atoms with van der Waals surface area (Å²) in [5, 5.41) is 0.605. The molecule has 2 aromatic heterocycles. The maximum Gasteiger partial charge on any atom is 0.262 e. The number of fused-ring (bicyclic) bond motifs is 1. The molecule has 0 aliphatic rings. The number of methoxy groups -OCH3 is 1. The third kappa shape index (κ3) is 3.86. The summed E-state index contributed by atoms with van der Waals surface area (Å²) in [4.78, 5) is 30.7. The van der Waals surface area contributed by atoms with Gasteiger partial charge in [-0.05, 0) is 18.6 Å². The fraction of sp³-hybridized carbons (Fsp3) is 0.316. The van der Waals surface area contributed by atoms with Crippen molar-refractivity contribution in [3.8, 4) is 10.4 Å². The molecule has 0 amide bonds. The SMILES string of the molecule is COCCc1nc2sc(-c3ccccc3)cc2c(=O)n1CCC(C)=O. The van der Waals surface area contributed by atoms with E-state index in [4.69, 9.17) is 4.74 Å².